The molecule has 1 aliphatic heterocycles. The normalized spacial score (nSPS) is 16.1. The third-order valence-corrected chi connectivity index (χ3v) is 3.61. The zero-order valence-electron chi connectivity index (χ0n) is 12.1. The number of piperidine rings is 1. The van der Waals surface area contributed by atoms with E-state index in [0.717, 1.165) is 0 Å². The molecule has 0 aliphatic carbocycles. The van der Waals surface area contributed by atoms with Gasteiger partial charge in [0, 0.05) is 25.2 Å². The minimum Gasteiger partial charge on any atom is -0.467 e. The molecule has 0 spiro atoms. The molecular formula is C15H18N4O3. The van der Waals surface area contributed by atoms with Gasteiger partial charge in [0.05, 0.1) is 12.8 Å². The van der Waals surface area contributed by atoms with E-state index in [2.05, 4.69) is 5.32 Å². The molecule has 0 radical (unpaired) electrons. The van der Waals surface area contributed by atoms with Crippen molar-refractivity contribution in [2.45, 2.75) is 19.4 Å². The number of carbonyl (C=O) groups is 2. The van der Waals surface area contributed by atoms with Crippen molar-refractivity contribution >= 4 is 11.8 Å². The first-order chi connectivity index (χ1) is 10.6. The number of nitrogens with one attached hydrogen (secondary N) is 1. The summed E-state index contributed by atoms with van der Waals surface area (Å²) in [5.41, 5.74) is 5.31. The molecule has 1 aromatic heterocycles. The predicted molar refractivity (Wildman–Crippen MR) is 77.7 cm³/mol. The Balaban J connectivity index is 1.89. The standard InChI is InChI=1S/C15H18N4O3/c16-8-12(15(21)18-9-13-2-1-7-22-13)10-19-5-3-11(4-6-19)14(17)20/h1-2,7,10-11H,3-6,9H2,(H2,17,20)(H,18,21)/b12-10+. The lowest BCUT2D eigenvalue weighted by molar-refractivity contribution is -0.123. The average molecular weight is 302 g/mol. The SMILES string of the molecule is N#C/C(=C\N1CCC(C(N)=O)CC1)C(=O)NCc1ccco1. The summed E-state index contributed by atoms with van der Waals surface area (Å²) in [4.78, 5) is 24.9. The Morgan fingerprint density at radius 3 is 2.77 bits per heavy atom. The number of nitrogens with zero attached hydrogens (tertiary/aromatic N) is 2. The molecule has 7 heteroatoms. The third-order valence-electron chi connectivity index (χ3n) is 3.61. The second-order valence-electron chi connectivity index (χ2n) is 5.13. The average Bonchev–Trinajstić information content (AvgIpc) is 3.04. The van der Waals surface area contributed by atoms with Crippen molar-refractivity contribution in [2.24, 2.45) is 11.7 Å². The summed E-state index contributed by atoms with van der Waals surface area (Å²) in [6, 6.07) is 5.37. The van der Waals surface area contributed by atoms with Gasteiger partial charge in [-0.25, -0.2) is 0 Å². The minimum absolute atomic E-state index is 0.0316. The highest BCUT2D eigenvalue weighted by atomic mass is 16.3. The van der Waals surface area contributed by atoms with Crippen LogP contribution in [-0.2, 0) is 16.1 Å². The van der Waals surface area contributed by atoms with E-state index < -0.39 is 5.91 Å². The molecule has 2 amide bonds. The number of hydrogen-bond acceptors (Lipinski definition) is 5. The molecular weight excluding hydrogens is 284 g/mol. The van der Waals surface area contributed by atoms with Gasteiger partial charge in [0.25, 0.3) is 5.91 Å². The van der Waals surface area contributed by atoms with Gasteiger partial charge in [0.2, 0.25) is 5.91 Å². The lowest BCUT2D eigenvalue weighted by Crippen LogP contribution is -2.36. The lowest BCUT2D eigenvalue weighted by Gasteiger charge is -2.29. The summed E-state index contributed by atoms with van der Waals surface area (Å²) >= 11 is 0. The molecule has 116 valence electrons. The van der Waals surface area contributed by atoms with Crippen LogP contribution in [0.1, 0.15) is 18.6 Å². The number of furan rings is 1. The van der Waals surface area contributed by atoms with Crippen molar-refractivity contribution in [1.82, 2.24) is 10.2 Å². The van der Waals surface area contributed by atoms with E-state index in [-0.39, 0.29) is 23.9 Å². The zero-order valence-corrected chi connectivity index (χ0v) is 12.1. The Labute approximate surface area is 128 Å². The fourth-order valence-electron chi connectivity index (χ4n) is 2.31. The second kappa shape index (κ2) is 7.31. The number of hydrogen-bond donors (Lipinski definition) is 2. The molecule has 3 N–H and O–H groups in total. The van der Waals surface area contributed by atoms with Gasteiger partial charge >= 0.3 is 0 Å². The van der Waals surface area contributed by atoms with Crippen LogP contribution in [-0.4, -0.2) is 29.8 Å². The van der Waals surface area contributed by atoms with Crippen LogP contribution in [0.3, 0.4) is 0 Å². The number of carbonyl (C=O) groups excluding carboxylic acids is 2. The largest absolute Gasteiger partial charge is 0.467 e. The molecule has 22 heavy (non-hydrogen) atoms. The Bertz CT molecular complexity index is 593. The van der Waals surface area contributed by atoms with Gasteiger partial charge in [-0.3, -0.25) is 9.59 Å². The fraction of sp³-hybridized carbons (Fsp3) is 0.400. The van der Waals surface area contributed by atoms with Crippen LogP contribution < -0.4 is 11.1 Å². The molecule has 7 nitrogen and oxygen atoms in total. The topological polar surface area (TPSA) is 112 Å². The highest BCUT2D eigenvalue weighted by molar-refractivity contribution is 5.97. The molecule has 1 saturated heterocycles. The van der Waals surface area contributed by atoms with Gasteiger partial charge in [0.15, 0.2) is 0 Å². The molecule has 0 atom stereocenters. The minimum atomic E-state index is -0.448. The van der Waals surface area contributed by atoms with E-state index in [1.807, 2.05) is 11.0 Å². The molecule has 1 aliphatic rings. The predicted octanol–water partition coefficient (Wildman–Crippen LogP) is 0.501. The summed E-state index contributed by atoms with van der Waals surface area (Å²) in [6.07, 6.45) is 4.33. The van der Waals surface area contributed by atoms with E-state index in [1.54, 1.807) is 12.1 Å². The Hall–Kier alpha value is -2.75. The van der Waals surface area contributed by atoms with Gasteiger partial charge < -0.3 is 20.4 Å². The molecule has 1 aromatic rings. The monoisotopic (exact) mass is 302 g/mol. The number of nitrogens with two attached hydrogens (primary N) is 1. The fourth-order valence-corrected chi connectivity index (χ4v) is 2.31. The van der Waals surface area contributed by atoms with E-state index in [4.69, 9.17) is 15.4 Å². The molecule has 2 heterocycles. The van der Waals surface area contributed by atoms with Gasteiger partial charge in [0.1, 0.15) is 17.4 Å². The van der Waals surface area contributed by atoms with E-state index in [9.17, 15) is 9.59 Å². The first-order valence-corrected chi connectivity index (χ1v) is 7.06. The molecule has 2 rings (SSSR count). The van der Waals surface area contributed by atoms with Gasteiger partial charge in [-0.1, -0.05) is 0 Å². The highest BCUT2D eigenvalue weighted by Gasteiger charge is 2.22. The van der Waals surface area contributed by atoms with Gasteiger partial charge in [-0.2, -0.15) is 5.26 Å². The second-order valence-corrected chi connectivity index (χ2v) is 5.13. The Morgan fingerprint density at radius 2 is 2.23 bits per heavy atom. The summed E-state index contributed by atoms with van der Waals surface area (Å²) in [6.45, 7) is 1.43. The first kappa shape index (κ1) is 15.6. The zero-order chi connectivity index (χ0) is 15.9. The third kappa shape index (κ3) is 4.12. The Kier molecular flexibility index (Phi) is 5.20. The van der Waals surface area contributed by atoms with Crippen molar-refractivity contribution in [3.63, 3.8) is 0 Å². The molecule has 0 saturated carbocycles. The van der Waals surface area contributed by atoms with Crippen molar-refractivity contribution in [3.8, 4) is 6.07 Å². The van der Waals surface area contributed by atoms with Crippen molar-refractivity contribution in [3.05, 3.63) is 35.9 Å². The summed E-state index contributed by atoms with van der Waals surface area (Å²) in [5, 5.41) is 11.7. The first-order valence-electron chi connectivity index (χ1n) is 7.06. The molecule has 1 fully saturated rings. The van der Waals surface area contributed by atoms with Gasteiger partial charge in [-0.05, 0) is 25.0 Å². The smallest absolute Gasteiger partial charge is 0.263 e. The summed E-state index contributed by atoms with van der Waals surface area (Å²) in [7, 11) is 0. The number of primary amides is 1. The van der Waals surface area contributed by atoms with E-state index >= 15 is 0 Å². The van der Waals surface area contributed by atoms with Crippen molar-refractivity contribution < 1.29 is 14.0 Å². The quantitative estimate of drug-likeness (QED) is 0.607. The van der Waals surface area contributed by atoms with E-state index in [0.29, 0.717) is 31.7 Å². The van der Waals surface area contributed by atoms with Crippen LogP contribution >= 0.6 is 0 Å². The Morgan fingerprint density at radius 1 is 1.50 bits per heavy atom. The van der Waals surface area contributed by atoms with Crippen LogP contribution in [0.2, 0.25) is 0 Å². The summed E-state index contributed by atoms with van der Waals surface area (Å²) in [5.74, 6) is -0.243. The van der Waals surface area contributed by atoms with Crippen LogP contribution in [0, 0.1) is 17.2 Å². The highest BCUT2D eigenvalue weighted by Crippen LogP contribution is 2.17. The molecule has 0 bridgehead atoms. The number of likely N-dealkylation sites (tertiary alicyclic amines) is 1. The molecule has 0 aromatic carbocycles. The number of amides is 2. The maximum Gasteiger partial charge on any atom is 0.263 e. The lowest BCUT2D eigenvalue weighted by atomic mass is 9.96. The number of nitriles is 1. The summed E-state index contributed by atoms with van der Waals surface area (Å²) < 4.78 is 5.11. The molecule has 0 unspecified atom stereocenters. The maximum absolute atomic E-state index is 12.0. The van der Waals surface area contributed by atoms with Crippen LogP contribution in [0.4, 0.5) is 0 Å². The van der Waals surface area contributed by atoms with E-state index in [1.165, 1.54) is 12.5 Å². The number of rotatable bonds is 5. The van der Waals surface area contributed by atoms with Gasteiger partial charge in [-0.15, -0.1) is 0 Å². The van der Waals surface area contributed by atoms with Crippen LogP contribution in [0.5, 0.6) is 0 Å². The van der Waals surface area contributed by atoms with Crippen molar-refractivity contribution in [2.75, 3.05) is 13.1 Å². The maximum atomic E-state index is 12.0. The van der Waals surface area contributed by atoms with Crippen molar-refractivity contribution in [1.29, 1.82) is 5.26 Å². The van der Waals surface area contributed by atoms with Crippen LogP contribution in [0.25, 0.3) is 0 Å². The van der Waals surface area contributed by atoms with Crippen LogP contribution in [0.15, 0.2) is 34.6 Å².